The van der Waals surface area contributed by atoms with Gasteiger partial charge in [0.15, 0.2) is 0 Å². The van der Waals surface area contributed by atoms with Crippen molar-refractivity contribution in [2.45, 2.75) is 19.8 Å². The van der Waals surface area contributed by atoms with E-state index in [4.69, 9.17) is 0 Å². The van der Waals surface area contributed by atoms with Crippen molar-refractivity contribution < 1.29 is 8.78 Å². The van der Waals surface area contributed by atoms with Crippen molar-refractivity contribution in [2.75, 3.05) is 0 Å². The Kier molecular flexibility index (Phi) is 2.40. The van der Waals surface area contributed by atoms with Gasteiger partial charge >= 0.3 is 0 Å². The van der Waals surface area contributed by atoms with Gasteiger partial charge in [0.2, 0.25) is 0 Å². The molecule has 13 heavy (non-hydrogen) atoms. The molecule has 0 N–H and O–H groups in total. The van der Waals surface area contributed by atoms with Crippen LogP contribution >= 0.6 is 0 Å². The van der Waals surface area contributed by atoms with E-state index < -0.39 is 5.92 Å². The molecule has 1 rings (SSSR count). The molecule has 1 aromatic heterocycles. The number of alkyl halides is 2. The van der Waals surface area contributed by atoms with Crippen molar-refractivity contribution >= 4 is 5.57 Å². The molecule has 0 aliphatic heterocycles. The van der Waals surface area contributed by atoms with Gasteiger partial charge in [-0.3, -0.25) is 9.97 Å². The Morgan fingerprint density at radius 1 is 1.38 bits per heavy atom. The highest BCUT2D eigenvalue weighted by Crippen LogP contribution is 2.29. The second-order valence-corrected chi connectivity index (χ2v) is 2.92. The van der Waals surface area contributed by atoms with E-state index in [0.29, 0.717) is 5.57 Å². The van der Waals surface area contributed by atoms with Crippen molar-refractivity contribution in [3.05, 3.63) is 30.4 Å². The lowest BCUT2D eigenvalue weighted by Gasteiger charge is -2.12. The quantitative estimate of drug-likeness (QED) is 0.706. The predicted molar refractivity (Wildman–Crippen MR) is 46.3 cm³/mol. The minimum atomic E-state index is -2.97. The second-order valence-electron chi connectivity index (χ2n) is 2.92. The van der Waals surface area contributed by atoms with Crippen LogP contribution < -0.4 is 0 Å². The third kappa shape index (κ3) is 2.08. The number of hydrogen-bond donors (Lipinski definition) is 0. The molecule has 1 heterocycles. The van der Waals surface area contributed by atoms with Crippen LogP contribution in [0.4, 0.5) is 8.78 Å². The van der Waals surface area contributed by atoms with E-state index in [1.165, 1.54) is 12.4 Å². The van der Waals surface area contributed by atoms with Gasteiger partial charge in [-0.2, -0.15) is 8.78 Å². The van der Waals surface area contributed by atoms with Crippen LogP contribution in [0.2, 0.25) is 0 Å². The van der Waals surface area contributed by atoms with Crippen LogP contribution in [-0.4, -0.2) is 9.97 Å². The Morgan fingerprint density at radius 2 is 1.92 bits per heavy atom. The molecule has 0 amide bonds. The Bertz CT molecular complexity index is 329. The van der Waals surface area contributed by atoms with Gasteiger partial charge in [0.05, 0.1) is 5.69 Å². The Morgan fingerprint density at radius 3 is 2.31 bits per heavy atom. The van der Waals surface area contributed by atoms with Gasteiger partial charge in [0.1, 0.15) is 5.69 Å². The maximum Gasteiger partial charge on any atom is 0.289 e. The standard InChI is InChI=1S/C9H10F2N2/c1-6(2)7-8(9(3,10)11)13-5-4-12-7/h4-5H,1H2,2-3H3. The van der Waals surface area contributed by atoms with Crippen molar-refractivity contribution in [1.29, 1.82) is 0 Å². The molecule has 0 saturated heterocycles. The van der Waals surface area contributed by atoms with Gasteiger partial charge in [0.25, 0.3) is 5.92 Å². The lowest BCUT2D eigenvalue weighted by molar-refractivity contribution is 0.0120. The number of nitrogens with zero attached hydrogens (tertiary/aromatic N) is 2. The van der Waals surface area contributed by atoms with Gasteiger partial charge in [-0.05, 0) is 12.5 Å². The molecule has 0 aliphatic carbocycles. The molecule has 2 nitrogen and oxygen atoms in total. The van der Waals surface area contributed by atoms with Crippen molar-refractivity contribution in [2.24, 2.45) is 0 Å². The molecular formula is C9H10F2N2. The zero-order chi connectivity index (χ0) is 10.1. The second kappa shape index (κ2) is 3.20. The normalized spacial score (nSPS) is 11.4. The lowest BCUT2D eigenvalue weighted by Crippen LogP contribution is -2.13. The summed E-state index contributed by atoms with van der Waals surface area (Å²) in [5, 5.41) is 0. The summed E-state index contributed by atoms with van der Waals surface area (Å²) in [6, 6.07) is 0. The average Bonchev–Trinajstić information content (AvgIpc) is 2.03. The highest BCUT2D eigenvalue weighted by atomic mass is 19.3. The minimum absolute atomic E-state index is 0.176. The molecule has 0 aliphatic rings. The van der Waals surface area contributed by atoms with Gasteiger partial charge in [-0.1, -0.05) is 6.58 Å². The summed E-state index contributed by atoms with van der Waals surface area (Å²) in [6.07, 6.45) is 2.62. The van der Waals surface area contributed by atoms with E-state index in [2.05, 4.69) is 16.5 Å². The zero-order valence-corrected chi connectivity index (χ0v) is 7.51. The fourth-order valence-electron chi connectivity index (χ4n) is 0.972. The molecule has 0 unspecified atom stereocenters. The summed E-state index contributed by atoms with van der Waals surface area (Å²) < 4.78 is 25.9. The van der Waals surface area contributed by atoms with Crippen LogP contribution in [0, 0.1) is 0 Å². The number of aromatic nitrogens is 2. The summed E-state index contributed by atoms with van der Waals surface area (Å²) in [7, 11) is 0. The summed E-state index contributed by atoms with van der Waals surface area (Å²) in [5.41, 5.74) is 0.349. The van der Waals surface area contributed by atoms with E-state index >= 15 is 0 Å². The zero-order valence-electron chi connectivity index (χ0n) is 7.51. The average molecular weight is 184 g/mol. The molecule has 0 atom stereocenters. The van der Waals surface area contributed by atoms with E-state index in [9.17, 15) is 8.78 Å². The monoisotopic (exact) mass is 184 g/mol. The smallest absolute Gasteiger partial charge is 0.253 e. The SMILES string of the molecule is C=C(C)c1nccnc1C(C)(F)F. The summed E-state index contributed by atoms with van der Waals surface area (Å²) >= 11 is 0. The maximum atomic E-state index is 12.9. The molecule has 0 fully saturated rings. The predicted octanol–water partition coefficient (Wildman–Crippen LogP) is 2.62. The van der Waals surface area contributed by atoms with E-state index in [0.717, 1.165) is 6.92 Å². The van der Waals surface area contributed by atoms with Gasteiger partial charge in [0, 0.05) is 19.3 Å². The third-order valence-corrected chi connectivity index (χ3v) is 1.52. The molecule has 0 radical (unpaired) electrons. The summed E-state index contributed by atoms with van der Waals surface area (Å²) in [4.78, 5) is 7.40. The van der Waals surface area contributed by atoms with E-state index in [-0.39, 0.29) is 11.4 Å². The van der Waals surface area contributed by atoms with Crippen molar-refractivity contribution in [3.63, 3.8) is 0 Å². The van der Waals surface area contributed by atoms with Gasteiger partial charge in [-0.25, -0.2) is 0 Å². The highest BCUT2D eigenvalue weighted by molar-refractivity contribution is 5.60. The Labute approximate surface area is 75.3 Å². The lowest BCUT2D eigenvalue weighted by atomic mass is 10.1. The van der Waals surface area contributed by atoms with Crippen LogP contribution in [0.3, 0.4) is 0 Å². The van der Waals surface area contributed by atoms with Gasteiger partial charge < -0.3 is 0 Å². The third-order valence-electron chi connectivity index (χ3n) is 1.52. The first kappa shape index (κ1) is 9.77. The molecule has 0 spiro atoms. The van der Waals surface area contributed by atoms with E-state index in [1.807, 2.05) is 0 Å². The fourth-order valence-corrected chi connectivity index (χ4v) is 0.972. The minimum Gasteiger partial charge on any atom is -0.253 e. The van der Waals surface area contributed by atoms with Crippen molar-refractivity contribution in [3.8, 4) is 0 Å². The molecular weight excluding hydrogens is 174 g/mol. The first-order valence-electron chi connectivity index (χ1n) is 3.78. The topological polar surface area (TPSA) is 25.8 Å². The Balaban J connectivity index is 3.28. The molecule has 70 valence electrons. The first-order chi connectivity index (χ1) is 5.93. The Hall–Kier alpha value is -1.32. The first-order valence-corrected chi connectivity index (χ1v) is 3.78. The van der Waals surface area contributed by atoms with Crippen LogP contribution in [-0.2, 0) is 5.92 Å². The maximum absolute atomic E-state index is 12.9. The van der Waals surface area contributed by atoms with Gasteiger partial charge in [-0.15, -0.1) is 0 Å². The molecule has 0 saturated carbocycles. The summed E-state index contributed by atoms with van der Waals surface area (Å²) in [5.74, 6) is -2.97. The van der Waals surface area contributed by atoms with Crippen LogP contribution in [0.5, 0.6) is 0 Å². The molecule has 4 heteroatoms. The van der Waals surface area contributed by atoms with Crippen molar-refractivity contribution in [1.82, 2.24) is 9.97 Å². The van der Waals surface area contributed by atoms with Crippen LogP contribution in [0.15, 0.2) is 19.0 Å². The summed E-state index contributed by atoms with van der Waals surface area (Å²) in [6.45, 7) is 5.98. The number of hydrogen-bond acceptors (Lipinski definition) is 2. The van der Waals surface area contributed by atoms with E-state index in [1.54, 1.807) is 6.92 Å². The number of halogens is 2. The van der Waals surface area contributed by atoms with Crippen LogP contribution in [0.1, 0.15) is 25.2 Å². The molecule has 1 aromatic rings. The molecule has 0 bridgehead atoms. The largest absolute Gasteiger partial charge is 0.289 e. The van der Waals surface area contributed by atoms with Crippen LogP contribution in [0.25, 0.3) is 5.57 Å². The highest BCUT2D eigenvalue weighted by Gasteiger charge is 2.30. The number of allylic oxidation sites excluding steroid dienone is 1. The molecule has 0 aromatic carbocycles. The number of rotatable bonds is 2. The fraction of sp³-hybridized carbons (Fsp3) is 0.333.